The van der Waals surface area contributed by atoms with Crippen molar-refractivity contribution >= 4 is 5.91 Å². The molecule has 1 saturated carbocycles. The maximum atomic E-state index is 12.8. The molecule has 0 saturated heterocycles. The van der Waals surface area contributed by atoms with Gasteiger partial charge in [0.2, 0.25) is 5.91 Å². The zero-order valence-corrected chi connectivity index (χ0v) is 9.05. The van der Waals surface area contributed by atoms with E-state index in [0.717, 1.165) is 12.8 Å². The molecule has 3 heteroatoms. The largest absolute Gasteiger partial charge is 0.353 e. The Labute approximate surface area is 85.3 Å². The van der Waals surface area contributed by atoms with Crippen molar-refractivity contribution in [1.82, 2.24) is 5.32 Å². The molecule has 0 aromatic heterocycles. The first-order valence-corrected chi connectivity index (χ1v) is 5.58. The number of carbonyl (C=O) groups is 1. The highest BCUT2D eigenvalue weighted by molar-refractivity contribution is 5.79. The minimum absolute atomic E-state index is 0.0473. The Kier molecular flexibility index (Phi) is 4.36. The molecule has 0 aromatic rings. The molecule has 1 amide bonds. The average molecular weight is 201 g/mol. The number of rotatable bonds is 4. The second-order valence-corrected chi connectivity index (χ2v) is 4.31. The minimum Gasteiger partial charge on any atom is -0.353 e. The summed E-state index contributed by atoms with van der Waals surface area (Å²) in [5.41, 5.74) is 0. The number of halogens is 1. The van der Waals surface area contributed by atoms with Crippen LogP contribution in [0.5, 0.6) is 0 Å². The predicted octanol–water partition coefficient (Wildman–Crippen LogP) is 2.43. The molecule has 0 spiro atoms. The number of alkyl halides is 1. The molecule has 2 nitrogen and oxygen atoms in total. The summed E-state index contributed by atoms with van der Waals surface area (Å²) in [6.07, 6.45) is 3.00. The topological polar surface area (TPSA) is 29.1 Å². The van der Waals surface area contributed by atoms with Gasteiger partial charge in [-0.15, -0.1) is 0 Å². The van der Waals surface area contributed by atoms with E-state index in [1.807, 2.05) is 6.92 Å². The summed E-state index contributed by atoms with van der Waals surface area (Å²) >= 11 is 0. The first-order valence-electron chi connectivity index (χ1n) is 5.58. The van der Waals surface area contributed by atoms with Crippen LogP contribution in [-0.2, 0) is 4.79 Å². The summed E-state index contributed by atoms with van der Waals surface area (Å²) < 4.78 is 12.8. The molecule has 3 unspecified atom stereocenters. The van der Waals surface area contributed by atoms with Crippen LogP contribution >= 0.6 is 0 Å². The number of nitrogens with one attached hydrogen (secondary N) is 1. The van der Waals surface area contributed by atoms with Gasteiger partial charge in [-0.1, -0.05) is 13.3 Å². The van der Waals surface area contributed by atoms with Crippen LogP contribution in [0.4, 0.5) is 4.39 Å². The van der Waals surface area contributed by atoms with Crippen LogP contribution in [0.15, 0.2) is 0 Å². The third-order valence-corrected chi connectivity index (χ3v) is 2.85. The Morgan fingerprint density at radius 2 is 2.29 bits per heavy atom. The van der Waals surface area contributed by atoms with Crippen molar-refractivity contribution in [2.24, 2.45) is 5.92 Å². The van der Waals surface area contributed by atoms with Gasteiger partial charge in [-0.25, -0.2) is 4.39 Å². The van der Waals surface area contributed by atoms with Crippen molar-refractivity contribution in [2.75, 3.05) is 0 Å². The first kappa shape index (κ1) is 11.5. The van der Waals surface area contributed by atoms with Gasteiger partial charge in [0.1, 0.15) is 6.17 Å². The number of hydrogen-bond acceptors (Lipinski definition) is 1. The van der Waals surface area contributed by atoms with E-state index >= 15 is 0 Å². The Morgan fingerprint density at radius 1 is 1.57 bits per heavy atom. The number of carbonyl (C=O) groups excluding carboxylic acids is 1. The summed E-state index contributed by atoms with van der Waals surface area (Å²) in [4.78, 5) is 11.6. The van der Waals surface area contributed by atoms with Crippen LogP contribution in [0.25, 0.3) is 0 Å². The highest BCUT2D eigenvalue weighted by atomic mass is 19.1. The van der Waals surface area contributed by atoms with Crippen LogP contribution in [0.3, 0.4) is 0 Å². The summed E-state index contributed by atoms with van der Waals surface area (Å²) in [5, 5.41) is 2.94. The molecule has 0 aliphatic heterocycles. The number of amides is 1. The molecule has 1 aliphatic carbocycles. The van der Waals surface area contributed by atoms with Crippen LogP contribution in [0.1, 0.15) is 46.0 Å². The second-order valence-electron chi connectivity index (χ2n) is 4.31. The lowest BCUT2D eigenvalue weighted by atomic mass is 10.1. The summed E-state index contributed by atoms with van der Waals surface area (Å²) in [6.45, 7) is 4.10. The van der Waals surface area contributed by atoms with Gasteiger partial charge in [0.25, 0.3) is 0 Å². The normalized spacial score (nSPS) is 28.8. The fourth-order valence-corrected chi connectivity index (χ4v) is 2.03. The standard InChI is InChI=1S/C11H20FNO/c1-3-4-8(2)13-11(14)9-5-6-10(12)7-9/h8-10H,3-7H2,1-2H3,(H,13,14). The van der Waals surface area contributed by atoms with E-state index < -0.39 is 6.17 Å². The second kappa shape index (κ2) is 5.32. The van der Waals surface area contributed by atoms with Gasteiger partial charge in [0, 0.05) is 12.0 Å². The maximum Gasteiger partial charge on any atom is 0.223 e. The highest BCUT2D eigenvalue weighted by Gasteiger charge is 2.29. The lowest BCUT2D eigenvalue weighted by Crippen LogP contribution is -2.36. The molecule has 0 bridgehead atoms. The van der Waals surface area contributed by atoms with E-state index in [0.29, 0.717) is 19.3 Å². The molecule has 1 N–H and O–H groups in total. The molecule has 0 aromatic carbocycles. The van der Waals surface area contributed by atoms with Gasteiger partial charge < -0.3 is 5.32 Å². The van der Waals surface area contributed by atoms with Crippen LogP contribution < -0.4 is 5.32 Å². The van der Waals surface area contributed by atoms with E-state index in [1.54, 1.807) is 0 Å². The van der Waals surface area contributed by atoms with Crippen molar-refractivity contribution in [2.45, 2.75) is 58.2 Å². The Hall–Kier alpha value is -0.600. The maximum absolute atomic E-state index is 12.8. The quantitative estimate of drug-likeness (QED) is 0.743. The lowest BCUT2D eigenvalue weighted by molar-refractivity contribution is -0.125. The highest BCUT2D eigenvalue weighted by Crippen LogP contribution is 2.27. The van der Waals surface area contributed by atoms with E-state index in [9.17, 15) is 9.18 Å². The molecule has 1 fully saturated rings. The van der Waals surface area contributed by atoms with Crippen LogP contribution in [-0.4, -0.2) is 18.1 Å². The molecule has 14 heavy (non-hydrogen) atoms. The summed E-state index contributed by atoms with van der Waals surface area (Å²) in [5.74, 6) is -0.0320. The van der Waals surface area contributed by atoms with Gasteiger partial charge >= 0.3 is 0 Å². The Bertz CT molecular complexity index is 196. The van der Waals surface area contributed by atoms with Crippen molar-refractivity contribution < 1.29 is 9.18 Å². The smallest absolute Gasteiger partial charge is 0.223 e. The van der Waals surface area contributed by atoms with Gasteiger partial charge in [-0.3, -0.25) is 4.79 Å². The third kappa shape index (κ3) is 3.28. The molecule has 1 aliphatic rings. The molecular formula is C11H20FNO. The third-order valence-electron chi connectivity index (χ3n) is 2.85. The molecule has 3 atom stereocenters. The lowest BCUT2D eigenvalue weighted by Gasteiger charge is -2.15. The molecule has 82 valence electrons. The average Bonchev–Trinajstić information content (AvgIpc) is 2.52. The van der Waals surface area contributed by atoms with Crippen molar-refractivity contribution in [3.05, 3.63) is 0 Å². The van der Waals surface area contributed by atoms with Crippen LogP contribution in [0.2, 0.25) is 0 Å². The van der Waals surface area contributed by atoms with Crippen LogP contribution in [0, 0.1) is 5.92 Å². The summed E-state index contributed by atoms with van der Waals surface area (Å²) in [6, 6.07) is 0.228. The zero-order chi connectivity index (χ0) is 10.6. The predicted molar refractivity (Wildman–Crippen MR) is 54.7 cm³/mol. The molecule has 1 rings (SSSR count). The zero-order valence-electron chi connectivity index (χ0n) is 9.05. The first-order chi connectivity index (χ1) is 6.63. The SMILES string of the molecule is CCCC(C)NC(=O)C1CCC(F)C1. The number of hydrogen-bond donors (Lipinski definition) is 1. The molecule has 0 heterocycles. The Balaban J connectivity index is 2.27. The molecular weight excluding hydrogens is 181 g/mol. The van der Waals surface area contributed by atoms with Gasteiger partial charge in [0.05, 0.1) is 0 Å². The fraction of sp³-hybridized carbons (Fsp3) is 0.909. The minimum atomic E-state index is -0.757. The van der Waals surface area contributed by atoms with E-state index in [1.165, 1.54) is 0 Å². The van der Waals surface area contributed by atoms with E-state index in [-0.39, 0.29) is 17.9 Å². The Morgan fingerprint density at radius 3 is 2.79 bits per heavy atom. The van der Waals surface area contributed by atoms with Crippen molar-refractivity contribution in [3.8, 4) is 0 Å². The summed E-state index contributed by atoms with van der Waals surface area (Å²) in [7, 11) is 0. The molecule has 0 radical (unpaired) electrons. The van der Waals surface area contributed by atoms with E-state index in [4.69, 9.17) is 0 Å². The van der Waals surface area contributed by atoms with Crippen molar-refractivity contribution in [3.63, 3.8) is 0 Å². The van der Waals surface area contributed by atoms with Crippen molar-refractivity contribution in [1.29, 1.82) is 0 Å². The fourth-order valence-electron chi connectivity index (χ4n) is 2.03. The van der Waals surface area contributed by atoms with Gasteiger partial charge in [0.15, 0.2) is 0 Å². The monoisotopic (exact) mass is 201 g/mol. The van der Waals surface area contributed by atoms with E-state index in [2.05, 4.69) is 12.2 Å². The van der Waals surface area contributed by atoms with Gasteiger partial charge in [-0.2, -0.15) is 0 Å². The van der Waals surface area contributed by atoms with Gasteiger partial charge in [-0.05, 0) is 32.6 Å².